The van der Waals surface area contributed by atoms with Crippen molar-refractivity contribution in [2.24, 2.45) is 0 Å². The van der Waals surface area contributed by atoms with E-state index in [9.17, 15) is 4.79 Å². The summed E-state index contributed by atoms with van der Waals surface area (Å²) in [4.78, 5) is 15.9. The van der Waals surface area contributed by atoms with Crippen LogP contribution in [-0.2, 0) is 4.79 Å². The molecule has 0 aliphatic carbocycles. The summed E-state index contributed by atoms with van der Waals surface area (Å²) in [5, 5.41) is 0. The summed E-state index contributed by atoms with van der Waals surface area (Å²) in [7, 11) is 9.46. The molecule has 8 nitrogen and oxygen atoms in total. The average molecular weight is 498 g/mol. The van der Waals surface area contributed by atoms with Gasteiger partial charge < -0.3 is 28.4 Å². The predicted octanol–water partition coefficient (Wildman–Crippen LogP) is 4.50. The van der Waals surface area contributed by atoms with E-state index in [0.29, 0.717) is 58.7 Å². The molecule has 0 atom stereocenters. The lowest BCUT2D eigenvalue weighted by Crippen LogP contribution is -2.41. The largest absolute Gasteiger partial charge is 0.496 e. The first kappa shape index (κ1) is 26.9. The van der Waals surface area contributed by atoms with Crippen LogP contribution in [0.4, 0.5) is 0 Å². The van der Waals surface area contributed by atoms with Crippen LogP contribution in [0, 0.1) is 0 Å². The number of benzene rings is 2. The fourth-order valence-electron chi connectivity index (χ4n) is 4.14. The summed E-state index contributed by atoms with van der Waals surface area (Å²) in [6.45, 7) is 5.24. The summed E-state index contributed by atoms with van der Waals surface area (Å²) >= 11 is 0. The van der Waals surface area contributed by atoms with Crippen LogP contribution in [-0.4, -0.2) is 72.5 Å². The van der Waals surface area contributed by atoms with Crippen molar-refractivity contribution in [3.63, 3.8) is 0 Å². The number of carbonyl (C=O) groups is 1. The summed E-state index contributed by atoms with van der Waals surface area (Å²) in [6.07, 6.45) is 3.72. The number of piperidine rings is 1. The summed E-state index contributed by atoms with van der Waals surface area (Å²) in [5.74, 6) is 3.34. The first-order valence-electron chi connectivity index (χ1n) is 11.6. The third-order valence-electron chi connectivity index (χ3n) is 6.19. The van der Waals surface area contributed by atoms with Gasteiger partial charge >= 0.3 is 0 Å². The van der Waals surface area contributed by atoms with Crippen molar-refractivity contribution in [2.75, 3.05) is 55.7 Å². The van der Waals surface area contributed by atoms with Crippen LogP contribution in [0.1, 0.15) is 25.0 Å². The number of rotatable bonds is 9. The molecule has 0 bridgehead atoms. The number of ether oxygens (including phenoxy) is 6. The third-order valence-corrected chi connectivity index (χ3v) is 6.19. The van der Waals surface area contributed by atoms with Crippen LogP contribution in [0.3, 0.4) is 0 Å². The second kappa shape index (κ2) is 11.9. The lowest BCUT2D eigenvalue weighted by molar-refractivity contribution is -0.113. The molecule has 1 fully saturated rings. The van der Waals surface area contributed by atoms with Gasteiger partial charge in [-0.05, 0) is 38.1 Å². The van der Waals surface area contributed by atoms with Crippen LogP contribution >= 0.6 is 0 Å². The van der Waals surface area contributed by atoms with E-state index in [1.54, 1.807) is 54.8 Å². The Morgan fingerprint density at radius 2 is 0.944 bits per heavy atom. The number of ketones is 1. The van der Waals surface area contributed by atoms with Gasteiger partial charge in [-0.1, -0.05) is 0 Å². The number of nitrogens with zero attached hydrogens (tertiary/aromatic N) is 1. The lowest BCUT2D eigenvalue weighted by Gasteiger charge is -2.33. The van der Waals surface area contributed by atoms with Crippen LogP contribution in [0.15, 0.2) is 35.4 Å². The number of methoxy groups -OCH3 is 6. The highest BCUT2D eigenvalue weighted by Gasteiger charge is 2.28. The zero-order valence-corrected chi connectivity index (χ0v) is 22.3. The summed E-state index contributed by atoms with van der Waals surface area (Å²) in [5.41, 5.74) is 2.75. The number of carbonyl (C=O) groups excluding carboxylic acids is 1. The normalized spacial score (nSPS) is 16.4. The smallest absolute Gasteiger partial charge is 0.187 e. The molecular formula is C28H35NO7. The molecule has 0 unspecified atom stereocenters. The van der Waals surface area contributed by atoms with E-state index in [1.165, 1.54) is 0 Å². The van der Waals surface area contributed by atoms with Crippen molar-refractivity contribution in [3.8, 4) is 34.5 Å². The molecule has 36 heavy (non-hydrogen) atoms. The number of Topliss-reactive ketones (excluding diaryl/α,β-unsaturated/α-hetero) is 1. The molecule has 1 heterocycles. The summed E-state index contributed by atoms with van der Waals surface area (Å²) < 4.78 is 32.9. The van der Waals surface area contributed by atoms with Crippen LogP contribution < -0.4 is 28.4 Å². The van der Waals surface area contributed by atoms with Gasteiger partial charge in [-0.3, -0.25) is 9.69 Å². The molecule has 8 heteroatoms. The number of likely N-dealkylation sites (tertiary alicyclic amines) is 1. The van der Waals surface area contributed by atoms with E-state index in [-0.39, 0.29) is 11.8 Å². The van der Waals surface area contributed by atoms with Gasteiger partial charge in [0.15, 0.2) is 28.8 Å². The Balaban J connectivity index is 2.13. The second-order valence-electron chi connectivity index (χ2n) is 8.57. The van der Waals surface area contributed by atoms with Crippen molar-refractivity contribution in [1.82, 2.24) is 4.90 Å². The molecule has 3 rings (SSSR count). The highest BCUT2D eigenvalue weighted by molar-refractivity contribution is 6.15. The molecule has 0 spiro atoms. The third kappa shape index (κ3) is 5.60. The highest BCUT2D eigenvalue weighted by Crippen LogP contribution is 2.38. The maximum atomic E-state index is 13.7. The minimum Gasteiger partial charge on any atom is -0.496 e. The van der Waals surface area contributed by atoms with Crippen molar-refractivity contribution >= 4 is 17.9 Å². The van der Waals surface area contributed by atoms with E-state index in [4.69, 9.17) is 28.4 Å². The first-order valence-corrected chi connectivity index (χ1v) is 11.6. The number of hydrogen-bond acceptors (Lipinski definition) is 8. The molecule has 1 aliphatic heterocycles. The molecule has 0 N–H and O–H groups in total. The lowest BCUT2D eigenvalue weighted by atomic mass is 9.93. The fourth-order valence-corrected chi connectivity index (χ4v) is 4.14. The van der Waals surface area contributed by atoms with Crippen molar-refractivity contribution in [1.29, 1.82) is 0 Å². The van der Waals surface area contributed by atoms with Gasteiger partial charge in [0.25, 0.3) is 0 Å². The Morgan fingerprint density at radius 3 is 1.25 bits per heavy atom. The van der Waals surface area contributed by atoms with E-state index in [0.717, 1.165) is 11.1 Å². The van der Waals surface area contributed by atoms with E-state index in [2.05, 4.69) is 18.7 Å². The van der Waals surface area contributed by atoms with Gasteiger partial charge in [-0.2, -0.15) is 0 Å². The van der Waals surface area contributed by atoms with Gasteiger partial charge in [0.05, 0.1) is 42.7 Å². The van der Waals surface area contributed by atoms with Gasteiger partial charge in [0.1, 0.15) is 11.5 Å². The van der Waals surface area contributed by atoms with Gasteiger partial charge in [0, 0.05) is 53.5 Å². The second-order valence-corrected chi connectivity index (χ2v) is 8.57. The standard InChI is InChI=1S/C28H35NO7/c1-17(2)29-15-20(9-18-11-24(33-5)26(35-7)13-22(18)31-3)28(30)21(16-29)10-19-12-25(34-6)27(36-8)14-23(19)32-4/h9-14,17H,15-16H2,1-8H3. The molecule has 0 aromatic heterocycles. The Morgan fingerprint density at radius 1 is 0.611 bits per heavy atom. The minimum absolute atomic E-state index is 0.0411. The Kier molecular flexibility index (Phi) is 8.88. The SMILES string of the molecule is COc1cc(OC)c(OC)cc1C=C1CN(C(C)C)CC(=Cc2cc(OC)c(OC)cc2OC)C1=O. The van der Waals surface area contributed by atoms with Crippen molar-refractivity contribution < 1.29 is 33.2 Å². The van der Waals surface area contributed by atoms with Crippen LogP contribution in [0.5, 0.6) is 34.5 Å². The monoisotopic (exact) mass is 497 g/mol. The minimum atomic E-state index is -0.0411. The molecule has 2 aromatic rings. The Bertz CT molecular complexity index is 1080. The molecule has 2 aromatic carbocycles. The van der Waals surface area contributed by atoms with E-state index in [1.807, 2.05) is 24.3 Å². The van der Waals surface area contributed by atoms with Gasteiger partial charge in [-0.25, -0.2) is 0 Å². The molecular weight excluding hydrogens is 462 g/mol. The predicted molar refractivity (Wildman–Crippen MR) is 140 cm³/mol. The fraction of sp³-hybridized carbons (Fsp3) is 0.393. The van der Waals surface area contributed by atoms with Crippen LogP contribution in [0.25, 0.3) is 12.2 Å². The molecule has 1 saturated heterocycles. The van der Waals surface area contributed by atoms with Crippen molar-refractivity contribution in [3.05, 3.63) is 46.5 Å². The van der Waals surface area contributed by atoms with Gasteiger partial charge in [-0.15, -0.1) is 0 Å². The highest BCUT2D eigenvalue weighted by atomic mass is 16.5. The topological polar surface area (TPSA) is 75.7 Å². The Hall–Kier alpha value is -3.65. The zero-order chi connectivity index (χ0) is 26.4. The maximum Gasteiger partial charge on any atom is 0.187 e. The summed E-state index contributed by atoms with van der Waals surface area (Å²) in [6, 6.07) is 7.36. The quantitative estimate of drug-likeness (QED) is 0.469. The molecule has 0 radical (unpaired) electrons. The van der Waals surface area contributed by atoms with Crippen molar-refractivity contribution in [2.45, 2.75) is 19.9 Å². The zero-order valence-electron chi connectivity index (χ0n) is 22.3. The molecule has 1 aliphatic rings. The Labute approximate surface area is 213 Å². The molecule has 0 saturated carbocycles. The average Bonchev–Trinajstić information content (AvgIpc) is 2.89. The van der Waals surface area contributed by atoms with E-state index >= 15 is 0 Å². The maximum absolute atomic E-state index is 13.7. The van der Waals surface area contributed by atoms with E-state index < -0.39 is 0 Å². The first-order chi connectivity index (χ1) is 17.3. The van der Waals surface area contributed by atoms with Crippen LogP contribution in [0.2, 0.25) is 0 Å². The van der Waals surface area contributed by atoms with Gasteiger partial charge in [0.2, 0.25) is 0 Å². The molecule has 0 amide bonds. The molecule has 194 valence electrons. The number of hydrogen-bond donors (Lipinski definition) is 0.